The van der Waals surface area contributed by atoms with E-state index in [-0.39, 0.29) is 11.9 Å². The van der Waals surface area contributed by atoms with Crippen LogP contribution < -0.4 is 44.9 Å². The molecule has 0 amide bonds. The molecular weight excluding hydrogens is 160 g/mol. The number of hydrogen-bond acceptors (Lipinski definition) is 0. The van der Waals surface area contributed by atoms with Crippen LogP contribution in [0.1, 0.15) is 6.92 Å². The van der Waals surface area contributed by atoms with E-state index in [0.29, 0.717) is 5.84 Å². The van der Waals surface area contributed by atoms with Crippen LogP contribution in [0, 0.1) is 0 Å². The molecule has 72 valence electrons. The second-order valence-corrected chi connectivity index (χ2v) is 1.74. The van der Waals surface area contributed by atoms with Gasteiger partial charge in [0.05, 0.1) is 0 Å². The summed E-state index contributed by atoms with van der Waals surface area (Å²) in [7, 11) is 0. The van der Waals surface area contributed by atoms with Crippen molar-refractivity contribution in [2.24, 2.45) is 28.7 Å². The molecule has 8 heteroatoms. The summed E-state index contributed by atoms with van der Waals surface area (Å²) in [5.74, 6) is 0.250. The van der Waals surface area contributed by atoms with E-state index in [1.165, 1.54) is 0 Å². The van der Waals surface area contributed by atoms with Crippen molar-refractivity contribution in [3.8, 4) is 0 Å². The van der Waals surface area contributed by atoms with Crippen molar-refractivity contribution in [3.05, 3.63) is 0 Å². The van der Waals surface area contributed by atoms with Gasteiger partial charge >= 0.3 is 11.9 Å². The Morgan fingerprint density at radius 3 is 0.750 bits per heavy atom. The maximum Gasteiger partial charge on any atom is 0.336 e. The van der Waals surface area contributed by atoms with Crippen LogP contribution in [-0.2, 0) is 0 Å². The zero-order valence-corrected chi connectivity index (χ0v) is 7.12. The topological polar surface area (TPSA) is 207 Å². The van der Waals surface area contributed by atoms with Gasteiger partial charge in [-0.3, -0.25) is 44.9 Å². The molecule has 0 saturated heterocycles. The summed E-state index contributed by atoms with van der Waals surface area (Å²) in [5, 5.41) is 14.0. The van der Waals surface area contributed by atoms with Gasteiger partial charge in [0, 0.05) is 6.92 Å². The van der Waals surface area contributed by atoms with E-state index in [0.717, 1.165) is 0 Å². The predicted molar refractivity (Wildman–Crippen MR) is 47.4 cm³/mol. The molecule has 0 heterocycles. The van der Waals surface area contributed by atoms with Crippen molar-refractivity contribution in [2.75, 3.05) is 0 Å². The monoisotopic (exact) mass is 179 g/mol. The maximum atomic E-state index is 4.81. The lowest BCUT2D eigenvalue weighted by molar-refractivity contribution is -0.117. The van der Waals surface area contributed by atoms with E-state index in [4.69, 9.17) is 11.1 Å². The van der Waals surface area contributed by atoms with Gasteiger partial charge in [-0.1, -0.05) is 0 Å². The van der Waals surface area contributed by atoms with Gasteiger partial charge in [0.2, 0.25) is 5.84 Å². The van der Waals surface area contributed by atoms with Crippen molar-refractivity contribution in [1.82, 2.24) is 0 Å². The van der Waals surface area contributed by atoms with Crippen LogP contribution >= 0.6 is 0 Å². The lowest BCUT2D eigenvalue weighted by Crippen LogP contribution is -2.51. The molecule has 0 saturated carbocycles. The lowest BCUT2D eigenvalue weighted by atomic mass is 10.8. The minimum Gasteiger partial charge on any atom is -0.292 e. The molecule has 0 spiro atoms. The molecule has 0 aromatic rings. The molecule has 0 aromatic carbocycles. The van der Waals surface area contributed by atoms with Gasteiger partial charge in [-0.25, -0.2) is 0 Å². The molecule has 0 aliphatic carbocycles. The second kappa shape index (κ2) is 11.8. The molecular formula is C4H19N8+3. The number of amidine groups is 1. The van der Waals surface area contributed by atoms with Crippen LogP contribution in [0.3, 0.4) is 0 Å². The third-order valence-corrected chi connectivity index (χ3v) is 0. The van der Waals surface area contributed by atoms with Crippen molar-refractivity contribution in [1.29, 1.82) is 0 Å². The molecule has 0 aliphatic rings. The minimum absolute atomic E-state index is 0.0833. The first-order valence-corrected chi connectivity index (χ1v) is 2.81. The van der Waals surface area contributed by atoms with Crippen LogP contribution in [0.15, 0.2) is 0 Å². The normalized spacial score (nSPS) is 6.08. The summed E-state index contributed by atoms with van der Waals surface area (Å²) in [6.07, 6.45) is 0. The fourth-order valence-electron chi connectivity index (χ4n) is 0. The Labute approximate surface area is 70.6 Å². The summed E-state index contributed by atoms with van der Waals surface area (Å²) in [4.78, 5) is 0. The fourth-order valence-corrected chi connectivity index (χ4v) is 0. The number of hydrogen-bond donors (Lipinski definition) is 8. The van der Waals surface area contributed by atoms with Crippen LogP contribution in [0.4, 0.5) is 0 Å². The van der Waals surface area contributed by atoms with Crippen molar-refractivity contribution < 1.29 is 16.2 Å². The average molecular weight is 179 g/mol. The highest BCUT2D eigenvalue weighted by atomic mass is 14.9. The molecule has 0 radical (unpaired) electrons. The second-order valence-electron chi connectivity index (χ2n) is 1.74. The molecule has 12 heavy (non-hydrogen) atoms. The lowest BCUT2D eigenvalue weighted by Gasteiger charge is -1.59. The molecule has 0 atom stereocenters. The highest BCUT2D eigenvalue weighted by molar-refractivity contribution is 5.70. The van der Waals surface area contributed by atoms with Gasteiger partial charge in [-0.2, -0.15) is 0 Å². The largest absolute Gasteiger partial charge is 0.336 e. The minimum atomic E-state index is -0.0833. The third kappa shape index (κ3) is 99.4. The molecule has 8 nitrogen and oxygen atoms in total. The van der Waals surface area contributed by atoms with Gasteiger partial charge in [-0.15, -0.1) is 0 Å². The van der Waals surface area contributed by atoms with Crippen molar-refractivity contribution in [2.45, 2.75) is 6.92 Å². The van der Waals surface area contributed by atoms with Crippen LogP contribution in [0.2, 0.25) is 0 Å². The molecule has 0 fully saturated rings. The zero-order chi connectivity index (χ0) is 10.7. The van der Waals surface area contributed by atoms with Crippen LogP contribution in [0.25, 0.3) is 0 Å². The first kappa shape index (κ1) is 16.5. The zero-order valence-electron chi connectivity index (χ0n) is 7.12. The maximum absolute atomic E-state index is 4.81. The smallest absolute Gasteiger partial charge is 0.292 e. The highest BCUT2D eigenvalue weighted by Gasteiger charge is 1.64. The quantitative estimate of drug-likeness (QED) is 0.134. The first-order valence-electron chi connectivity index (χ1n) is 2.81. The Kier molecular flexibility index (Phi) is 16.2. The Morgan fingerprint density at radius 1 is 0.750 bits per heavy atom. The van der Waals surface area contributed by atoms with E-state index >= 15 is 0 Å². The molecule has 0 rings (SSSR count). The van der Waals surface area contributed by atoms with E-state index in [9.17, 15) is 0 Å². The van der Waals surface area contributed by atoms with Gasteiger partial charge in [0.1, 0.15) is 0 Å². The average Bonchev–Trinajstić information content (AvgIpc) is 1.54. The molecule has 0 unspecified atom stereocenters. The van der Waals surface area contributed by atoms with Gasteiger partial charge in [0.25, 0.3) is 0 Å². The molecule has 16 N–H and O–H groups in total. The number of guanidine groups is 2. The third-order valence-electron chi connectivity index (χ3n) is 0. The first-order chi connectivity index (χ1) is 5.20. The molecule has 0 aliphatic heterocycles. The van der Waals surface area contributed by atoms with E-state index in [2.05, 4.69) is 33.8 Å². The van der Waals surface area contributed by atoms with Gasteiger partial charge < -0.3 is 0 Å². The van der Waals surface area contributed by atoms with Crippen molar-refractivity contribution in [3.63, 3.8) is 0 Å². The fraction of sp³-hybridized carbons (Fsp3) is 0.250. The Balaban J connectivity index is -0.000000101. The van der Waals surface area contributed by atoms with Gasteiger partial charge in [0.15, 0.2) is 0 Å². The van der Waals surface area contributed by atoms with E-state index in [1.807, 2.05) is 0 Å². The Hall–Kier alpha value is -1.99. The SMILES string of the molecule is CC(N)=[NH2+].NC(N)=[NH2+].NC(N)=[NH2+]. The van der Waals surface area contributed by atoms with Crippen LogP contribution in [-0.4, -0.2) is 17.8 Å². The summed E-state index contributed by atoms with van der Waals surface area (Å²) in [5.41, 5.74) is 23.1. The Morgan fingerprint density at radius 2 is 0.750 bits per heavy atom. The van der Waals surface area contributed by atoms with Gasteiger partial charge in [-0.05, 0) is 0 Å². The van der Waals surface area contributed by atoms with E-state index < -0.39 is 0 Å². The van der Waals surface area contributed by atoms with E-state index in [1.54, 1.807) is 6.92 Å². The summed E-state index contributed by atoms with van der Waals surface area (Å²) in [6, 6.07) is 0. The van der Waals surface area contributed by atoms with Crippen LogP contribution in [0.5, 0.6) is 0 Å². The molecule has 0 bridgehead atoms. The highest BCUT2D eigenvalue weighted by Crippen LogP contribution is 1.24. The Bertz CT molecular complexity index is 109. The molecule has 0 aromatic heterocycles. The predicted octanol–water partition coefficient (Wildman–Crippen LogP) is -7.84. The summed E-state index contributed by atoms with van der Waals surface area (Å²) >= 11 is 0. The number of nitrogens with two attached hydrogens (primary N) is 8. The number of rotatable bonds is 0. The summed E-state index contributed by atoms with van der Waals surface area (Å²) in [6.45, 7) is 1.64. The standard InChI is InChI=1S/C2H6N2.2CH5N3/c1-2(3)4;2*2-1(3)4/h1H3,(H3,3,4);2*(H5,2,3,4)/p+3. The van der Waals surface area contributed by atoms with Crippen molar-refractivity contribution >= 4 is 17.8 Å². The summed E-state index contributed by atoms with van der Waals surface area (Å²) < 4.78 is 0.